The Labute approximate surface area is 81.9 Å². The third kappa shape index (κ3) is 1.53. The molecule has 0 atom stereocenters. The minimum absolute atomic E-state index is 0.0105. The molecule has 4 heteroatoms. The SMILES string of the molecule is O=C(NC1(CO)CCC1)c1ccoc1. The van der Waals surface area contributed by atoms with Crippen molar-refractivity contribution < 1.29 is 14.3 Å². The number of hydrogen-bond acceptors (Lipinski definition) is 3. The molecule has 14 heavy (non-hydrogen) atoms. The molecule has 1 aromatic rings. The summed E-state index contributed by atoms with van der Waals surface area (Å²) in [6.45, 7) is 0.0105. The van der Waals surface area contributed by atoms with Crippen LogP contribution in [0.15, 0.2) is 23.0 Å². The summed E-state index contributed by atoms with van der Waals surface area (Å²) in [5.41, 5.74) is 0.124. The van der Waals surface area contributed by atoms with Gasteiger partial charge in [0.15, 0.2) is 0 Å². The molecule has 0 aliphatic heterocycles. The van der Waals surface area contributed by atoms with E-state index in [1.807, 2.05) is 0 Å². The maximum atomic E-state index is 11.6. The van der Waals surface area contributed by atoms with Crippen molar-refractivity contribution in [3.8, 4) is 0 Å². The fourth-order valence-electron chi connectivity index (χ4n) is 1.63. The van der Waals surface area contributed by atoms with E-state index in [2.05, 4.69) is 5.32 Å². The minimum Gasteiger partial charge on any atom is -0.472 e. The maximum Gasteiger partial charge on any atom is 0.255 e. The molecule has 1 aliphatic rings. The lowest BCUT2D eigenvalue weighted by molar-refractivity contribution is 0.0641. The van der Waals surface area contributed by atoms with Crippen LogP contribution >= 0.6 is 0 Å². The van der Waals surface area contributed by atoms with E-state index in [0.717, 1.165) is 19.3 Å². The Hall–Kier alpha value is -1.29. The number of carbonyl (C=O) groups excluding carboxylic acids is 1. The average molecular weight is 195 g/mol. The molecule has 76 valence electrons. The van der Waals surface area contributed by atoms with Gasteiger partial charge >= 0.3 is 0 Å². The first-order valence-electron chi connectivity index (χ1n) is 4.71. The summed E-state index contributed by atoms with van der Waals surface area (Å²) < 4.78 is 4.81. The second-order valence-electron chi connectivity index (χ2n) is 3.76. The van der Waals surface area contributed by atoms with Gasteiger partial charge in [0.05, 0.1) is 24.0 Å². The van der Waals surface area contributed by atoms with E-state index < -0.39 is 0 Å². The fraction of sp³-hybridized carbons (Fsp3) is 0.500. The van der Waals surface area contributed by atoms with Crippen LogP contribution in [0.4, 0.5) is 0 Å². The third-order valence-corrected chi connectivity index (χ3v) is 2.78. The number of carbonyl (C=O) groups is 1. The number of nitrogens with one attached hydrogen (secondary N) is 1. The third-order valence-electron chi connectivity index (χ3n) is 2.78. The van der Waals surface area contributed by atoms with E-state index in [0.29, 0.717) is 5.56 Å². The smallest absolute Gasteiger partial charge is 0.255 e. The molecule has 0 saturated heterocycles. The first-order chi connectivity index (χ1) is 6.76. The number of amides is 1. The van der Waals surface area contributed by atoms with Crippen LogP contribution < -0.4 is 5.32 Å². The van der Waals surface area contributed by atoms with Gasteiger partial charge in [-0.3, -0.25) is 4.79 Å². The lowest BCUT2D eigenvalue weighted by Crippen LogP contribution is -2.56. The molecule has 1 amide bonds. The molecular formula is C10H13NO3. The molecule has 1 fully saturated rings. The first-order valence-corrected chi connectivity index (χ1v) is 4.71. The molecule has 1 heterocycles. The van der Waals surface area contributed by atoms with Crippen LogP contribution in [0.3, 0.4) is 0 Å². The lowest BCUT2D eigenvalue weighted by atomic mass is 9.77. The van der Waals surface area contributed by atoms with Gasteiger partial charge in [-0.1, -0.05) is 0 Å². The zero-order chi connectivity index (χ0) is 10.0. The van der Waals surface area contributed by atoms with E-state index in [4.69, 9.17) is 9.52 Å². The highest BCUT2D eigenvalue weighted by Crippen LogP contribution is 2.31. The molecule has 0 bridgehead atoms. The van der Waals surface area contributed by atoms with Crippen LogP contribution in [0.1, 0.15) is 29.6 Å². The second kappa shape index (κ2) is 3.46. The number of furan rings is 1. The Bertz CT molecular complexity index is 309. The summed E-state index contributed by atoms with van der Waals surface area (Å²) in [6.07, 6.45) is 5.63. The zero-order valence-corrected chi connectivity index (χ0v) is 7.82. The Kier molecular flexibility index (Phi) is 2.29. The largest absolute Gasteiger partial charge is 0.472 e. The van der Waals surface area contributed by atoms with Gasteiger partial charge < -0.3 is 14.8 Å². The fourth-order valence-corrected chi connectivity index (χ4v) is 1.63. The normalized spacial score (nSPS) is 18.6. The first kappa shape index (κ1) is 9.27. The van der Waals surface area contributed by atoms with Gasteiger partial charge in [0.2, 0.25) is 0 Å². The summed E-state index contributed by atoms with van der Waals surface area (Å²) in [5, 5.41) is 12.0. The van der Waals surface area contributed by atoms with Crippen LogP contribution in [0.5, 0.6) is 0 Å². The van der Waals surface area contributed by atoms with Gasteiger partial charge in [-0.25, -0.2) is 0 Å². The molecule has 1 saturated carbocycles. The van der Waals surface area contributed by atoms with Crippen molar-refractivity contribution in [3.05, 3.63) is 24.2 Å². The van der Waals surface area contributed by atoms with Crippen molar-refractivity contribution in [1.29, 1.82) is 0 Å². The molecule has 1 aromatic heterocycles. The number of aliphatic hydroxyl groups is 1. The summed E-state index contributed by atoms with van der Waals surface area (Å²) in [6, 6.07) is 1.61. The van der Waals surface area contributed by atoms with Crippen molar-refractivity contribution in [1.82, 2.24) is 5.32 Å². The van der Waals surface area contributed by atoms with Gasteiger partial charge in [0.25, 0.3) is 5.91 Å². The molecule has 2 rings (SSSR count). The van der Waals surface area contributed by atoms with Gasteiger partial charge in [-0.05, 0) is 25.3 Å². The van der Waals surface area contributed by atoms with Crippen molar-refractivity contribution >= 4 is 5.91 Å². The number of rotatable bonds is 3. The van der Waals surface area contributed by atoms with Crippen LogP contribution in [-0.4, -0.2) is 23.2 Å². The summed E-state index contributed by atoms with van der Waals surface area (Å²) >= 11 is 0. The predicted octanol–water partition coefficient (Wildman–Crippen LogP) is 0.924. The predicted molar refractivity (Wildman–Crippen MR) is 49.8 cm³/mol. The van der Waals surface area contributed by atoms with E-state index >= 15 is 0 Å². The van der Waals surface area contributed by atoms with Gasteiger partial charge in [-0.2, -0.15) is 0 Å². The standard InChI is InChI=1S/C10H13NO3/c12-7-10(3-1-4-10)11-9(13)8-2-5-14-6-8/h2,5-6,12H,1,3-4,7H2,(H,11,13). The highest BCUT2D eigenvalue weighted by atomic mass is 16.3. The topological polar surface area (TPSA) is 62.5 Å². The highest BCUT2D eigenvalue weighted by Gasteiger charge is 2.37. The van der Waals surface area contributed by atoms with E-state index in [-0.39, 0.29) is 18.1 Å². The van der Waals surface area contributed by atoms with Crippen molar-refractivity contribution in [2.24, 2.45) is 0 Å². The van der Waals surface area contributed by atoms with Crippen LogP contribution in [0.2, 0.25) is 0 Å². The molecule has 0 radical (unpaired) electrons. The van der Waals surface area contributed by atoms with Crippen molar-refractivity contribution in [2.45, 2.75) is 24.8 Å². The lowest BCUT2D eigenvalue weighted by Gasteiger charge is -2.40. The molecule has 0 unspecified atom stereocenters. The zero-order valence-electron chi connectivity index (χ0n) is 7.82. The molecule has 2 N–H and O–H groups in total. The van der Waals surface area contributed by atoms with E-state index in [1.165, 1.54) is 12.5 Å². The van der Waals surface area contributed by atoms with Crippen molar-refractivity contribution in [3.63, 3.8) is 0 Å². The van der Waals surface area contributed by atoms with Gasteiger partial charge in [0.1, 0.15) is 6.26 Å². The quantitative estimate of drug-likeness (QED) is 0.754. The van der Waals surface area contributed by atoms with Crippen LogP contribution in [0.25, 0.3) is 0 Å². The van der Waals surface area contributed by atoms with Gasteiger partial charge in [0, 0.05) is 0 Å². The molecule has 1 aliphatic carbocycles. The van der Waals surface area contributed by atoms with Gasteiger partial charge in [-0.15, -0.1) is 0 Å². The highest BCUT2D eigenvalue weighted by molar-refractivity contribution is 5.94. The molecular weight excluding hydrogens is 182 g/mol. The minimum atomic E-state index is -0.381. The summed E-state index contributed by atoms with van der Waals surface area (Å²) in [5.74, 6) is -0.174. The Morgan fingerprint density at radius 3 is 2.86 bits per heavy atom. The van der Waals surface area contributed by atoms with E-state index in [9.17, 15) is 4.79 Å². The number of aliphatic hydroxyl groups excluding tert-OH is 1. The van der Waals surface area contributed by atoms with E-state index in [1.54, 1.807) is 6.07 Å². The van der Waals surface area contributed by atoms with Crippen LogP contribution in [-0.2, 0) is 0 Å². The van der Waals surface area contributed by atoms with Crippen molar-refractivity contribution in [2.75, 3.05) is 6.61 Å². The second-order valence-corrected chi connectivity index (χ2v) is 3.76. The average Bonchev–Trinajstić information content (AvgIpc) is 2.63. The molecule has 0 spiro atoms. The molecule has 4 nitrogen and oxygen atoms in total. The number of hydrogen-bond donors (Lipinski definition) is 2. The molecule has 0 aromatic carbocycles. The Morgan fingerprint density at radius 1 is 1.64 bits per heavy atom. The van der Waals surface area contributed by atoms with Crippen LogP contribution in [0, 0.1) is 0 Å². The summed E-state index contributed by atoms with van der Waals surface area (Å²) in [4.78, 5) is 11.6. The monoisotopic (exact) mass is 195 g/mol. The summed E-state index contributed by atoms with van der Waals surface area (Å²) in [7, 11) is 0. The Balaban J connectivity index is 2.01. The Morgan fingerprint density at radius 2 is 2.43 bits per heavy atom. The maximum absolute atomic E-state index is 11.6.